The maximum Gasteiger partial charge on any atom is 0.103 e. The number of benzene rings is 1. The number of hydrogen-bond donors (Lipinski definition) is 1. The molecule has 0 aliphatic carbocycles. The van der Waals surface area contributed by atoms with Gasteiger partial charge in [-0.2, -0.15) is 5.26 Å². The molecule has 0 aliphatic heterocycles. The van der Waals surface area contributed by atoms with E-state index in [0.29, 0.717) is 11.3 Å². The van der Waals surface area contributed by atoms with E-state index in [9.17, 15) is 0 Å². The van der Waals surface area contributed by atoms with Crippen LogP contribution in [0.25, 0.3) is 10.4 Å². The van der Waals surface area contributed by atoms with Crippen LogP contribution in [0.5, 0.6) is 0 Å². The van der Waals surface area contributed by atoms with Crippen molar-refractivity contribution in [2.75, 3.05) is 5.73 Å². The molecule has 1 aromatic heterocycles. The summed E-state index contributed by atoms with van der Waals surface area (Å²) in [5, 5.41) is 10.8. The monoisotopic (exact) mass is 214 g/mol. The third-order valence-electron chi connectivity index (χ3n) is 2.32. The van der Waals surface area contributed by atoms with Gasteiger partial charge >= 0.3 is 0 Å². The Kier molecular flexibility index (Phi) is 2.44. The summed E-state index contributed by atoms with van der Waals surface area (Å²) in [6.07, 6.45) is 0. The molecule has 0 amide bonds. The van der Waals surface area contributed by atoms with Gasteiger partial charge in [0.1, 0.15) is 6.07 Å². The summed E-state index contributed by atoms with van der Waals surface area (Å²) in [6.45, 7) is 2.03. The fourth-order valence-corrected chi connectivity index (χ4v) is 2.51. The van der Waals surface area contributed by atoms with Gasteiger partial charge in [-0.25, -0.2) is 0 Å². The molecule has 0 aliphatic rings. The highest BCUT2D eigenvalue weighted by Crippen LogP contribution is 2.35. The van der Waals surface area contributed by atoms with Crippen LogP contribution in [0.1, 0.15) is 11.1 Å². The van der Waals surface area contributed by atoms with Crippen molar-refractivity contribution in [3.05, 3.63) is 40.8 Å². The first-order chi connectivity index (χ1) is 7.24. The lowest BCUT2D eigenvalue weighted by Gasteiger charge is -2.02. The van der Waals surface area contributed by atoms with Crippen molar-refractivity contribution in [3.8, 4) is 16.5 Å². The van der Waals surface area contributed by atoms with Gasteiger partial charge in [-0.15, -0.1) is 11.3 Å². The lowest BCUT2D eigenvalue weighted by atomic mass is 10.0. The van der Waals surface area contributed by atoms with E-state index in [1.807, 2.05) is 36.6 Å². The lowest BCUT2D eigenvalue weighted by molar-refractivity contribution is 1.46. The molecule has 2 rings (SSSR count). The van der Waals surface area contributed by atoms with E-state index in [-0.39, 0.29) is 0 Å². The molecule has 0 unspecified atom stereocenters. The SMILES string of the molecule is Cc1ccccc1-c1scc(N)c1C#N. The largest absolute Gasteiger partial charge is 0.397 e. The highest BCUT2D eigenvalue weighted by atomic mass is 32.1. The predicted molar refractivity (Wildman–Crippen MR) is 63.6 cm³/mol. The van der Waals surface area contributed by atoms with E-state index in [0.717, 1.165) is 16.0 Å². The Morgan fingerprint density at radius 3 is 2.73 bits per heavy atom. The van der Waals surface area contributed by atoms with Crippen LogP contribution in [0.2, 0.25) is 0 Å². The van der Waals surface area contributed by atoms with Gasteiger partial charge in [-0.05, 0) is 18.1 Å². The van der Waals surface area contributed by atoms with E-state index in [1.165, 1.54) is 11.3 Å². The summed E-state index contributed by atoms with van der Waals surface area (Å²) in [5.74, 6) is 0. The topological polar surface area (TPSA) is 49.8 Å². The van der Waals surface area contributed by atoms with Crippen LogP contribution in [0.3, 0.4) is 0 Å². The average molecular weight is 214 g/mol. The van der Waals surface area contributed by atoms with Gasteiger partial charge in [-0.3, -0.25) is 0 Å². The zero-order valence-corrected chi connectivity index (χ0v) is 9.14. The molecule has 2 nitrogen and oxygen atoms in total. The summed E-state index contributed by atoms with van der Waals surface area (Å²) in [5.41, 5.74) is 9.15. The highest BCUT2D eigenvalue weighted by molar-refractivity contribution is 7.14. The molecule has 2 N–H and O–H groups in total. The van der Waals surface area contributed by atoms with Gasteiger partial charge in [0.15, 0.2) is 0 Å². The van der Waals surface area contributed by atoms with Crippen LogP contribution in [0.4, 0.5) is 5.69 Å². The van der Waals surface area contributed by atoms with Gasteiger partial charge < -0.3 is 5.73 Å². The van der Waals surface area contributed by atoms with Crippen molar-refractivity contribution in [2.45, 2.75) is 6.92 Å². The molecule has 1 heterocycles. The normalized spacial score (nSPS) is 9.87. The van der Waals surface area contributed by atoms with Crippen molar-refractivity contribution in [2.24, 2.45) is 0 Å². The number of hydrogen-bond acceptors (Lipinski definition) is 3. The number of rotatable bonds is 1. The van der Waals surface area contributed by atoms with Crippen molar-refractivity contribution >= 4 is 17.0 Å². The summed E-state index contributed by atoms with van der Waals surface area (Å²) in [4.78, 5) is 0.966. The third-order valence-corrected chi connectivity index (χ3v) is 3.35. The smallest absolute Gasteiger partial charge is 0.103 e. The molecule has 2 aromatic rings. The van der Waals surface area contributed by atoms with Crippen LogP contribution >= 0.6 is 11.3 Å². The molecule has 1 aromatic carbocycles. The molecule has 15 heavy (non-hydrogen) atoms. The number of anilines is 1. The Labute approximate surface area is 92.6 Å². The Hall–Kier alpha value is -1.79. The van der Waals surface area contributed by atoms with E-state index >= 15 is 0 Å². The Bertz CT molecular complexity index is 535. The van der Waals surface area contributed by atoms with Crippen molar-refractivity contribution in [3.63, 3.8) is 0 Å². The molecular weight excluding hydrogens is 204 g/mol. The highest BCUT2D eigenvalue weighted by Gasteiger charge is 2.11. The maximum absolute atomic E-state index is 9.02. The fourth-order valence-electron chi connectivity index (χ4n) is 1.51. The minimum absolute atomic E-state index is 0.570. The molecule has 3 heteroatoms. The molecule has 0 saturated heterocycles. The van der Waals surface area contributed by atoms with Gasteiger partial charge in [0.05, 0.1) is 16.1 Å². The van der Waals surface area contributed by atoms with Gasteiger partial charge in [-0.1, -0.05) is 24.3 Å². The first-order valence-corrected chi connectivity index (χ1v) is 5.45. The zero-order valence-electron chi connectivity index (χ0n) is 8.32. The van der Waals surface area contributed by atoms with Crippen molar-refractivity contribution < 1.29 is 0 Å². The van der Waals surface area contributed by atoms with Gasteiger partial charge in [0, 0.05) is 5.38 Å². The maximum atomic E-state index is 9.02. The van der Waals surface area contributed by atoms with E-state index in [2.05, 4.69) is 6.07 Å². The van der Waals surface area contributed by atoms with Crippen LogP contribution in [0, 0.1) is 18.3 Å². The summed E-state index contributed by atoms with van der Waals surface area (Å²) in [7, 11) is 0. The lowest BCUT2D eigenvalue weighted by Crippen LogP contribution is -1.87. The number of nitrogen functional groups attached to an aromatic ring is 1. The van der Waals surface area contributed by atoms with Crippen molar-refractivity contribution in [1.29, 1.82) is 5.26 Å². The van der Waals surface area contributed by atoms with Crippen LogP contribution < -0.4 is 5.73 Å². The van der Waals surface area contributed by atoms with Gasteiger partial charge in [0.2, 0.25) is 0 Å². The Morgan fingerprint density at radius 1 is 1.33 bits per heavy atom. The summed E-state index contributed by atoms with van der Waals surface area (Å²) in [6, 6.07) is 10.2. The molecule has 74 valence electrons. The molecular formula is C12H10N2S. The molecule has 0 radical (unpaired) electrons. The van der Waals surface area contributed by atoms with Crippen LogP contribution in [0.15, 0.2) is 29.6 Å². The standard InChI is InChI=1S/C12H10N2S/c1-8-4-2-3-5-9(8)12-10(6-13)11(14)7-15-12/h2-5,7H,14H2,1H3. The van der Waals surface area contributed by atoms with E-state index in [4.69, 9.17) is 11.0 Å². The van der Waals surface area contributed by atoms with Crippen LogP contribution in [-0.2, 0) is 0 Å². The summed E-state index contributed by atoms with van der Waals surface area (Å²) >= 11 is 1.52. The second-order valence-electron chi connectivity index (χ2n) is 3.32. The summed E-state index contributed by atoms with van der Waals surface area (Å²) < 4.78 is 0. The second-order valence-corrected chi connectivity index (χ2v) is 4.20. The molecule has 0 spiro atoms. The fraction of sp³-hybridized carbons (Fsp3) is 0.0833. The third kappa shape index (κ3) is 1.60. The van der Waals surface area contributed by atoms with E-state index < -0.39 is 0 Å². The van der Waals surface area contributed by atoms with E-state index in [1.54, 1.807) is 0 Å². The first kappa shape index (κ1) is 9.75. The first-order valence-electron chi connectivity index (χ1n) is 4.57. The zero-order chi connectivity index (χ0) is 10.8. The predicted octanol–water partition coefficient (Wildman–Crippen LogP) is 3.18. The molecule has 0 bridgehead atoms. The van der Waals surface area contributed by atoms with Gasteiger partial charge in [0.25, 0.3) is 0 Å². The quantitative estimate of drug-likeness (QED) is 0.792. The average Bonchev–Trinajstić information content (AvgIpc) is 2.60. The number of thiophene rings is 1. The number of nitriles is 1. The Balaban J connectivity index is 2.66. The number of nitrogens with zero attached hydrogens (tertiary/aromatic N) is 1. The minimum Gasteiger partial charge on any atom is -0.397 e. The molecule has 0 fully saturated rings. The minimum atomic E-state index is 0.570. The molecule has 0 atom stereocenters. The molecule has 0 saturated carbocycles. The Morgan fingerprint density at radius 2 is 2.07 bits per heavy atom. The number of aryl methyl sites for hydroxylation is 1. The van der Waals surface area contributed by atoms with Crippen molar-refractivity contribution in [1.82, 2.24) is 0 Å². The van der Waals surface area contributed by atoms with Crippen LogP contribution in [-0.4, -0.2) is 0 Å². The second kappa shape index (κ2) is 3.76. The number of nitrogens with two attached hydrogens (primary N) is 1.